The molecular formula is C22H30O4. The second-order valence-electron chi connectivity index (χ2n) is 9.64. The van der Waals surface area contributed by atoms with Gasteiger partial charge in [-0.3, -0.25) is 0 Å². The molecule has 1 aromatic rings. The first-order valence-corrected chi connectivity index (χ1v) is 10.0. The quantitative estimate of drug-likeness (QED) is 0.722. The summed E-state index contributed by atoms with van der Waals surface area (Å²) in [7, 11) is 1.70. The molecule has 0 heterocycles. The van der Waals surface area contributed by atoms with Crippen LogP contribution in [-0.4, -0.2) is 39.7 Å². The molecule has 3 fully saturated rings. The summed E-state index contributed by atoms with van der Waals surface area (Å²) in [6.45, 7) is 3.78. The van der Waals surface area contributed by atoms with Gasteiger partial charge < -0.3 is 20.1 Å². The van der Waals surface area contributed by atoms with Crippen LogP contribution in [0.15, 0.2) is 18.2 Å². The fourth-order valence-electron chi connectivity index (χ4n) is 7.97. The van der Waals surface area contributed by atoms with Crippen molar-refractivity contribution in [2.24, 2.45) is 16.7 Å². The van der Waals surface area contributed by atoms with Crippen LogP contribution in [0.1, 0.15) is 63.0 Å². The molecule has 26 heavy (non-hydrogen) atoms. The van der Waals surface area contributed by atoms with Crippen molar-refractivity contribution in [1.29, 1.82) is 0 Å². The van der Waals surface area contributed by atoms with Crippen LogP contribution in [0.25, 0.3) is 0 Å². The lowest BCUT2D eigenvalue weighted by Gasteiger charge is -2.57. The van der Waals surface area contributed by atoms with Gasteiger partial charge in [0, 0.05) is 10.8 Å². The number of aliphatic hydroxyl groups excluding tert-OH is 1. The summed E-state index contributed by atoms with van der Waals surface area (Å²) in [4.78, 5) is 0. The Labute approximate surface area is 155 Å². The molecule has 4 aliphatic rings. The van der Waals surface area contributed by atoms with Crippen molar-refractivity contribution in [2.75, 3.05) is 7.11 Å². The highest BCUT2D eigenvalue weighted by molar-refractivity contribution is 5.43. The lowest BCUT2D eigenvalue weighted by Crippen LogP contribution is -2.58. The van der Waals surface area contributed by atoms with Gasteiger partial charge in [-0.25, -0.2) is 0 Å². The first-order valence-electron chi connectivity index (χ1n) is 10.0. The van der Waals surface area contributed by atoms with E-state index in [2.05, 4.69) is 19.1 Å². The Balaban J connectivity index is 1.64. The van der Waals surface area contributed by atoms with E-state index in [-0.39, 0.29) is 0 Å². The van der Waals surface area contributed by atoms with Crippen LogP contribution in [-0.2, 0) is 6.42 Å². The van der Waals surface area contributed by atoms with Crippen LogP contribution in [0.3, 0.4) is 0 Å². The average Bonchev–Trinajstić information content (AvgIpc) is 2.94. The number of methoxy groups -OCH3 is 1. The van der Waals surface area contributed by atoms with Gasteiger partial charge in [-0.1, -0.05) is 13.0 Å². The minimum absolute atomic E-state index is 0.306. The number of hydrogen-bond acceptors (Lipinski definition) is 4. The molecule has 4 heteroatoms. The van der Waals surface area contributed by atoms with Crippen LogP contribution < -0.4 is 4.74 Å². The first kappa shape index (κ1) is 17.0. The topological polar surface area (TPSA) is 69.9 Å². The zero-order valence-electron chi connectivity index (χ0n) is 16.0. The molecular weight excluding hydrogens is 328 g/mol. The summed E-state index contributed by atoms with van der Waals surface area (Å²) in [6, 6.07) is 6.40. The molecule has 0 spiro atoms. The third-order valence-corrected chi connectivity index (χ3v) is 9.28. The van der Waals surface area contributed by atoms with Gasteiger partial charge in [0.15, 0.2) is 0 Å². The molecule has 0 aromatic heterocycles. The Hall–Kier alpha value is -1.10. The van der Waals surface area contributed by atoms with Gasteiger partial charge in [0.25, 0.3) is 0 Å². The fourth-order valence-corrected chi connectivity index (χ4v) is 7.97. The maximum absolute atomic E-state index is 11.5. The van der Waals surface area contributed by atoms with Crippen molar-refractivity contribution in [2.45, 2.75) is 75.6 Å². The molecule has 0 saturated heterocycles. The summed E-state index contributed by atoms with van der Waals surface area (Å²) in [6.07, 6.45) is 4.36. The Kier molecular flexibility index (Phi) is 3.17. The number of fused-ring (bicyclic) bond motifs is 3. The number of hydrogen-bond donors (Lipinski definition) is 3. The smallest absolute Gasteiger partial charge is 0.119 e. The zero-order chi connectivity index (χ0) is 18.5. The molecule has 1 aromatic carbocycles. The van der Waals surface area contributed by atoms with E-state index < -0.39 is 28.1 Å². The van der Waals surface area contributed by atoms with E-state index in [9.17, 15) is 15.3 Å². The molecule has 7 atom stereocenters. The van der Waals surface area contributed by atoms with Gasteiger partial charge in [0.05, 0.1) is 13.2 Å². The lowest BCUT2D eigenvalue weighted by atomic mass is 9.47. The van der Waals surface area contributed by atoms with Crippen LogP contribution in [0.5, 0.6) is 5.75 Å². The predicted octanol–water partition coefficient (Wildman–Crippen LogP) is 2.78. The molecule has 0 unspecified atom stereocenters. The van der Waals surface area contributed by atoms with Gasteiger partial charge in [0.2, 0.25) is 0 Å². The summed E-state index contributed by atoms with van der Waals surface area (Å²) in [5, 5.41) is 34.0. The third-order valence-electron chi connectivity index (χ3n) is 9.28. The average molecular weight is 358 g/mol. The maximum Gasteiger partial charge on any atom is 0.119 e. The highest BCUT2D eigenvalue weighted by Gasteiger charge is 2.84. The molecule has 0 aliphatic heterocycles. The second-order valence-corrected chi connectivity index (χ2v) is 9.64. The van der Waals surface area contributed by atoms with Gasteiger partial charge in [0.1, 0.15) is 17.0 Å². The second kappa shape index (κ2) is 4.84. The fraction of sp³-hybridized carbons (Fsp3) is 0.727. The van der Waals surface area contributed by atoms with Crippen LogP contribution in [0.2, 0.25) is 0 Å². The molecule has 3 N–H and O–H groups in total. The Morgan fingerprint density at radius 1 is 1.08 bits per heavy atom. The highest BCUT2D eigenvalue weighted by Crippen LogP contribution is 2.79. The van der Waals surface area contributed by atoms with Crippen LogP contribution in [0, 0.1) is 16.7 Å². The van der Waals surface area contributed by atoms with Gasteiger partial charge in [-0.2, -0.15) is 0 Å². The van der Waals surface area contributed by atoms with E-state index >= 15 is 0 Å². The number of aliphatic hydroxyl groups is 3. The monoisotopic (exact) mass is 358 g/mol. The van der Waals surface area contributed by atoms with E-state index in [1.807, 2.05) is 6.07 Å². The normalized spacial score (nSPS) is 51.5. The van der Waals surface area contributed by atoms with Gasteiger partial charge in [-0.05, 0) is 80.5 Å². The van der Waals surface area contributed by atoms with E-state index in [0.29, 0.717) is 18.3 Å². The van der Waals surface area contributed by atoms with E-state index in [0.717, 1.165) is 37.9 Å². The molecule has 142 valence electrons. The van der Waals surface area contributed by atoms with Crippen LogP contribution in [0.4, 0.5) is 0 Å². The summed E-state index contributed by atoms with van der Waals surface area (Å²) in [5.74, 6) is 1.60. The van der Waals surface area contributed by atoms with Crippen molar-refractivity contribution >= 4 is 0 Å². The molecule has 5 rings (SSSR count). The highest BCUT2D eigenvalue weighted by atomic mass is 16.5. The number of aryl methyl sites for hydroxylation is 1. The van der Waals surface area contributed by atoms with Gasteiger partial charge in [-0.15, -0.1) is 0 Å². The SMILES string of the molecule is COc1ccc2c(c1)CC[C@@H]1[C@@H]2CC[C@@]2(C)[C@]13CC[C@@]2(O)[C@@](C)(O)[C@H]3O. The first-order chi connectivity index (χ1) is 12.2. The Morgan fingerprint density at radius 2 is 1.85 bits per heavy atom. The molecule has 4 aliphatic carbocycles. The number of ether oxygens (including phenoxy) is 1. The molecule has 4 nitrogen and oxygen atoms in total. The largest absolute Gasteiger partial charge is 0.497 e. The van der Waals surface area contributed by atoms with Crippen molar-refractivity contribution in [3.63, 3.8) is 0 Å². The minimum Gasteiger partial charge on any atom is -0.497 e. The summed E-state index contributed by atoms with van der Waals surface area (Å²) in [5.41, 5.74) is -0.704. The number of rotatable bonds is 1. The Bertz CT molecular complexity index is 773. The Morgan fingerprint density at radius 3 is 2.58 bits per heavy atom. The zero-order valence-corrected chi connectivity index (χ0v) is 16.0. The minimum atomic E-state index is -1.44. The van der Waals surface area contributed by atoms with E-state index in [1.165, 1.54) is 11.1 Å². The standard InChI is InChI=1S/C22H30O4/c1-19-9-8-16-15-6-5-14(26-3)12-13(15)4-7-17(16)21(19)10-11-22(19,25)20(2,24)18(21)23/h5-6,12,16-18,23-25H,4,7-11H2,1-3H3/t16-,17-,18-,19+,20+,21-,22+/m1/s1. The van der Waals surface area contributed by atoms with Crippen molar-refractivity contribution in [3.8, 4) is 5.75 Å². The van der Waals surface area contributed by atoms with Gasteiger partial charge >= 0.3 is 0 Å². The maximum atomic E-state index is 11.5. The predicted molar refractivity (Wildman–Crippen MR) is 98.1 cm³/mol. The summed E-state index contributed by atoms with van der Waals surface area (Å²) < 4.78 is 5.40. The molecule has 2 bridgehead atoms. The van der Waals surface area contributed by atoms with E-state index in [1.54, 1.807) is 14.0 Å². The number of benzene rings is 1. The van der Waals surface area contributed by atoms with Crippen LogP contribution >= 0.6 is 0 Å². The molecule has 3 saturated carbocycles. The van der Waals surface area contributed by atoms with E-state index in [4.69, 9.17) is 4.74 Å². The molecule has 0 radical (unpaired) electrons. The van der Waals surface area contributed by atoms with Crippen molar-refractivity contribution in [1.82, 2.24) is 0 Å². The summed E-state index contributed by atoms with van der Waals surface area (Å²) >= 11 is 0. The van der Waals surface area contributed by atoms with Crippen molar-refractivity contribution in [3.05, 3.63) is 29.3 Å². The lowest BCUT2D eigenvalue weighted by molar-refractivity contribution is -0.194. The van der Waals surface area contributed by atoms with Crippen molar-refractivity contribution < 1.29 is 20.1 Å². The third kappa shape index (κ3) is 1.52. The molecule has 0 amide bonds.